The first-order valence-electron chi connectivity index (χ1n) is 6.33. The van der Waals surface area contributed by atoms with Crippen LogP contribution in [0.25, 0.3) is 5.69 Å². The minimum atomic E-state index is 0.657. The van der Waals surface area contributed by atoms with E-state index in [9.17, 15) is 0 Å². The lowest BCUT2D eigenvalue weighted by molar-refractivity contribution is 0.675. The van der Waals surface area contributed by atoms with Crippen LogP contribution >= 0.6 is 23.2 Å². The van der Waals surface area contributed by atoms with Crippen molar-refractivity contribution in [3.63, 3.8) is 0 Å². The van der Waals surface area contributed by atoms with E-state index in [1.165, 1.54) is 0 Å². The summed E-state index contributed by atoms with van der Waals surface area (Å²) in [5.41, 5.74) is 2.82. The Morgan fingerprint density at radius 3 is 2.63 bits per heavy atom. The number of aromatic nitrogens is 2. The molecular formula is C14H17Cl2N3. The molecule has 102 valence electrons. The molecule has 19 heavy (non-hydrogen) atoms. The van der Waals surface area contributed by atoms with Gasteiger partial charge in [0.1, 0.15) is 0 Å². The van der Waals surface area contributed by atoms with Gasteiger partial charge in [0.25, 0.3) is 0 Å². The molecule has 0 saturated heterocycles. The Morgan fingerprint density at radius 2 is 2.05 bits per heavy atom. The second kappa shape index (κ2) is 6.42. The lowest BCUT2D eigenvalue weighted by Crippen LogP contribution is -2.14. The third-order valence-corrected chi connectivity index (χ3v) is 3.61. The van der Waals surface area contributed by atoms with Crippen LogP contribution in [-0.2, 0) is 6.54 Å². The third-order valence-electron chi connectivity index (χ3n) is 2.88. The predicted molar refractivity (Wildman–Crippen MR) is 80.3 cm³/mol. The molecule has 2 rings (SSSR count). The molecule has 0 saturated carbocycles. The molecule has 5 heteroatoms. The SMILES string of the molecule is CCCNCc1ccc(-n2cc(Cl)c(C)n2)cc1Cl. The molecule has 0 unspecified atom stereocenters. The molecule has 0 aliphatic carbocycles. The van der Waals surface area contributed by atoms with Crippen LogP contribution in [0.4, 0.5) is 0 Å². The number of nitrogens with zero attached hydrogens (tertiary/aromatic N) is 2. The summed E-state index contributed by atoms with van der Waals surface area (Å²) < 4.78 is 1.74. The van der Waals surface area contributed by atoms with E-state index in [0.717, 1.165) is 41.5 Å². The van der Waals surface area contributed by atoms with Gasteiger partial charge in [0.05, 0.1) is 16.4 Å². The quantitative estimate of drug-likeness (QED) is 0.846. The van der Waals surface area contributed by atoms with Crippen LogP contribution in [0.2, 0.25) is 10.0 Å². The monoisotopic (exact) mass is 297 g/mol. The van der Waals surface area contributed by atoms with Gasteiger partial charge in [-0.15, -0.1) is 0 Å². The molecule has 1 aromatic carbocycles. The molecule has 0 bridgehead atoms. The van der Waals surface area contributed by atoms with Crippen LogP contribution < -0.4 is 5.32 Å². The summed E-state index contributed by atoms with van der Waals surface area (Å²) in [5, 5.41) is 9.07. The molecule has 0 aliphatic rings. The van der Waals surface area contributed by atoms with Gasteiger partial charge in [-0.25, -0.2) is 4.68 Å². The number of nitrogens with one attached hydrogen (secondary N) is 1. The maximum absolute atomic E-state index is 6.29. The highest BCUT2D eigenvalue weighted by Gasteiger charge is 2.06. The van der Waals surface area contributed by atoms with E-state index in [0.29, 0.717) is 5.02 Å². The van der Waals surface area contributed by atoms with Crippen molar-refractivity contribution >= 4 is 23.2 Å². The lowest BCUT2D eigenvalue weighted by atomic mass is 10.2. The second-order valence-electron chi connectivity index (χ2n) is 4.46. The minimum Gasteiger partial charge on any atom is -0.313 e. The topological polar surface area (TPSA) is 29.9 Å². The summed E-state index contributed by atoms with van der Waals surface area (Å²) in [6, 6.07) is 5.93. The molecule has 0 amide bonds. The molecule has 0 fully saturated rings. The van der Waals surface area contributed by atoms with Crippen LogP contribution in [-0.4, -0.2) is 16.3 Å². The molecule has 1 aromatic heterocycles. The van der Waals surface area contributed by atoms with E-state index >= 15 is 0 Å². The predicted octanol–water partition coefficient (Wildman–Crippen LogP) is 3.99. The van der Waals surface area contributed by atoms with Gasteiger partial charge in [-0.3, -0.25) is 0 Å². The van der Waals surface area contributed by atoms with E-state index < -0.39 is 0 Å². The van der Waals surface area contributed by atoms with Crippen molar-refractivity contribution in [3.8, 4) is 5.69 Å². The van der Waals surface area contributed by atoms with Crippen molar-refractivity contribution in [1.29, 1.82) is 0 Å². The second-order valence-corrected chi connectivity index (χ2v) is 5.27. The van der Waals surface area contributed by atoms with Crippen LogP contribution in [0.1, 0.15) is 24.6 Å². The first-order chi connectivity index (χ1) is 9.11. The van der Waals surface area contributed by atoms with Crippen LogP contribution in [0.5, 0.6) is 0 Å². The number of hydrogen-bond donors (Lipinski definition) is 1. The first-order valence-corrected chi connectivity index (χ1v) is 7.08. The van der Waals surface area contributed by atoms with Crippen molar-refractivity contribution in [3.05, 3.63) is 45.7 Å². The summed E-state index contributed by atoms with van der Waals surface area (Å²) in [6.07, 6.45) is 2.90. The summed E-state index contributed by atoms with van der Waals surface area (Å²) in [4.78, 5) is 0. The molecule has 0 aliphatic heterocycles. The highest BCUT2D eigenvalue weighted by Crippen LogP contribution is 2.22. The maximum Gasteiger partial charge on any atom is 0.0819 e. The minimum absolute atomic E-state index is 0.657. The summed E-state index contributed by atoms with van der Waals surface area (Å²) in [5.74, 6) is 0. The number of benzene rings is 1. The van der Waals surface area contributed by atoms with E-state index in [4.69, 9.17) is 23.2 Å². The number of hydrogen-bond acceptors (Lipinski definition) is 2. The average molecular weight is 298 g/mol. The number of aryl methyl sites for hydroxylation is 1. The first kappa shape index (κ1) is 14.4. The zero-order valence-electron chi connectivity index (χ0n) is 11.1. The van der Waals surface area contributed by atoms with Crippen LogP contribution in [0.15, 0.2) is 24.4 Å². The van der Waals surface area contributed by atoms with Crippen molar-refractivity contribution < 1.29 is 0 Å². The Morgan fingerprint density at radius 1 is 1.26 bits per heavy atom. The van der Waals surface area contributed by atoms with E-state index in [-0.39, 0.29) is 0 Å². The lowest BCUT2D eigenvalue weighted by Gasteiger charge is -2.08. The summed E-state index contributed by atoms with van der Waals surface area (Å²) >= 11 is 12.3. The zero-order chi connectivity index (χ0) is 13.8. The Bertz CT molecular complexity index is 544. The average Bonchev–Trinajstić information content (AvgIpc) is 2.72. The normalized spacial score (nSPS) is 10.9. The van der Waals surface area contributed by atoms with Gasteiger partial charge < -0.3 is 5.32 Å². The molecule has 1 heterocycles. The van der Waals surface area contributed by atoms with E-state index in [1.54, 1.807) is 10.9 Å². The fourth-order valence-electron chi connectivity index (χ4n) is 1.79. The highest BCUT2D eigenvalue weighted by molar-refractivity contribution is 6.31. The van der Waals surface area contributed by atoms with Crippen molar-refractivity contribution in [2.45, 2.75) is 26.8 Å². The molecular weight excluding hydrogens is 281 g/mol. The molecule has 1 N–H and O–H groups in total. The standard InChI is InChI=1S/C14H17Cl2N3/c1-3-6-17-8-11-4-5-12(7-13(11)15)19-9-14(16)10(2)18-19/h4-5,7,9,17H,3,6,8H2,1-2H3. The van der Waals surface area contributed by atoms with Crippen LogP contribution in [0, 0.1) is 6.92 Å². The van der Waals surface area contributed by atoms with Crippen molar-refractivity contribution in [2.24, 2.45) is 0 Å². The van der Waals surface area contributed by atoms with Crippen molar-refractivity contribution in [1.82, 2.24) is 15.1 Å². The Labute approximate surface area is 123 Å². The van der Waals surface area contributed by atoms with Crippen molar-refractivity contribution in [2.75, 3.05) is 6.54 Å². The van der Waals surface area contributed by atoms with Gasteiger partial charge in [0, 0.05) is 17.8 Å². The van der Waals surface area contributed by atoms with Gasteiger partial charge in [-0.2, -0.15) is 5.10 Å². The smallest absolute Gasteiger partial charge is 0.0819 e. The third kappa shape index (κ3) is 3.50. The summed E-state index contributed by atoms with van der Waals surface area (Å²) in [6.45, 7) is 5.79. The fourth-order valence-corrected chi connectivity index (χ4v) is 2.17. The molecule has 0 atom stereocenters. The van der Waals surface area contributed by atoms with Gasteiger partial charge in [-0.05, 0) is 37.6 Å². The van der Waals surface area contributed by atoms with Gasteiger partial charge >= 0.3 is 0 Å². The van der Waals surface area contributed by atoms with Crippen LogP contribution in [0.3, 0.4) is 0 Å². The van der Waals surface area contributed by atoms with E-state index in [2.05, 4.69) is 17.3 Å². The fraction of sp³-hybridized carbons (Fsp3) is 0.357. The number of halogens is 2. The van der Waals surface area contributed by atoms with Gasteiger partial charge in [0.2, 0.25) is 0 Å². The number of rotatable bonds is 5. The molecule has 2 aromatic rings. The van der Waals surface area contributed by atoms with Gasteiger partial charge in [-0.1, -0.05) is 36.2 Å². The largest absolute Gasteiger partial charge is 0.313 e. The Balaban J connectivity index is 2.18. The van der Waals surface area contributed by atoms with Gasteiger partial charge in [0.15, 0.2) is 0 Å². The maximum atomic E-state index is 6.29. The summed E-state index contributed by atoms with van der Waals surface area (Å²) in [7, 11) is 0. The zero-order valence-corrected chi connectivity index (χ0v) is 12.6. The highest BCUT2D eigenvalue weighted by atomic mass is 35.5. The molecule has 3 nitrogen and oxygen atoms in total. The molecule has 0 radical (unpaired) electrons. The Hall–Kier alpha value is -1.03. The van der Waals surface area contributed by atoms with E-state index in [1.807, 2.05) is 25.1 Å². The molecule has 0 spiro atoms. The Kier molecular flexibility index (Phi) is 4.86.